The van der Waals surface area contributed by atoms with E-state index in [9.17, 15) is 9.46 Å². The summed E-state index contributed by atoms with van der Waals surface area (Å²) in [5.41, 5.74) is 0. The van der Waals surface area contributed by atoms with Gasteiger partial charge in [0, 0.05) is 12.4 Å². The third kappa shape index (κ3) is 5.83. The Hall–Kier alpha value is -2.56. The van der Waals surface area contributed by atoms with Crippen LogP contribution in [0.5, 0.6) is 11.5 Å². The van der Waals surface area contributed by atoms with Gasteiger partial charge in [-0.05, 0) is 24.3 Å². The lowest BCUT2D eigenvalue weighted by atomic mass is 10.3. The number of hydrogen-bond donors (Lipinski definition) is 2. The average Bonchev–Trinajstić information content (AvgIpc) is 3.08. The molecule has 2 aromatic carbocycles. The number of aromatic nitrogens is 2. The quantitative estimate of drug-likeness (QED) is 0.717. The normalized spacial score (nSPS) is 10.2. The van der Waals surface area contributed by atoms with Crippen LogP contribution in [0.25, 0.3) is 0 Å². The van der Waals surface area contributed by atoms with E-state index >= 15 is 0 Å². The van der Waals surface area contributed by atoms with Gasteiger partial charge in [-0.1, -0.05) is 36.4 Å². The summed E-state index contributed by atoms with van der Waals surface area (Å²) in [5.74, 6) is 0.573. The van der Waals surface area contributed by atoms with Crippen LogP contribution in [0.1, 0.15) is 0 Å². The van der Waals surface area contributed by atoms with Crippen LogP contribution in [0.2, 0.25) is 0 Å². The number of nitrogens with one attached hydrogen (secondary N) is 1. The largest absolute Gasteiger partial charge is 0.584 e. The molecule has 2 N–H and O–H groups in total. The molecule has 0 spiro atoms. The topological polar surface area (TPSA) is 84.4 Å². The Balaban J connectivity index is 0.000000299. The summed E-state index contributed by atoms with van der Waals surface area (Å²) in [6, 6.07) is 16.7. The van der Waals surface area contributed by atoms with E-state index in [-0.39, 0.29) is 11.5 Å². The van der Waals surface area contributed by atoms with E-state index in [2.05, 4.69) is 9.97 Å². The standard InChI is InChI=1S/C12H11O4P.C3H4N2/c13-17(14,15-11-7-3-1-4-8-11)16-12-9-5-2-6-10-12;1-2-5-3-4-1/h1-10H,(H,13,14);1-3H,(H,4,5). The molecule has 1 aromatic heterocycles. The Morgan fingerprint density at radius 1 is 0.909 bits per heavy atom. The van der Waals surface area contributed by atoms with Crippen LogP contribution in [0, 0.1) is 0 Å². The molecule has 3 rings (SSSR count). The van der Waals surface area contributed by atoms with Crippen molar-refractivity contribution in [3.8, 4) is 11.5 Å². The van der Waals surface area contributed by atoms with Gasteiger partial charge in [0.15, 0.2) is 0 Å². The first-order valence-corrected chi connectivity index (χ1v) is 7.90. The Bertz CT molecular complexity index is 627. The molecule has 0 radical (unpaired) electrons. The van der Waals surface area contributed by atoms with Gasteiger partial charge in [0.05, 0.1) is 6.33 Å². The molecule has 0 aliphatic heterocycles. The first kappa shape index (κ1) is 15.8. The van der Waals surface area contributed by atoms with Crippen LogP contribution in [-0.4, -0.2) is 14.9 Å². The average molecular weight is 318 g/mol. The second kappa shape index (κ2) is 8.02. The van der Waals surface area contributed by atoms with Crippen molar-refractivity contribution < 1.29 is 18.5 Å². The molecule has 0 bridgehead atoms. The Morgan fingerprint density at radius 3 is 1.73 bits per heavy atom. The summed E-state index contributed by atoms with van der Waals surface area (Å²) in [4.78, 5) is 15.9. The molecule has 3 aromatic rings. The van der Waals surface area contributed by atoms with E-state index in [1.807, 2.05) is 0 Å². The molecule has 7 heteroatoms. The third-order valence-corrected chi connectivity index (χ3v) is 3.22. The van der Waals surface area contributed by atoms with Gasteiger partial charge in [-0.2, -0.15) is 0 Å². The van der Waals surface area contributed by atoms with E-state index in [1.165, 1.54) is 0 Å². The maximum absolute atomic E-state index is 11.7. The van der Waals surface area contributed by atoms with Crippen molar-refractivity contribution in [2.24, 2.45) is 0 Å². The maximum Gasteiger partial charge on any atom is 0.584 e. The summed E-state index contributed by atoms with van der Waals surface area (Å²) >= 11 is 0. The van der Waals surface area contributed by atoms with Gasteiger partial charge in [-0.3, -0.25) is 4.89 Å². The first-order valence-electron chi connectivity index (χ1n) is 6.40. The van der Waals surface area contributed by atoms with Crippen molar-refractivity contribution in [1.29, 1.82) is 0 Å². The van der Waals surface area contributed by atoms with Gasteiger partial charge in [0.2, 0.25) is 0 Å². The molecular weight excluding hydrogens is 303 g/mol. The zero-order chi connectivity index (χ0) is 15.7. The lowest BCUT2D eigenvalue weighted by Crippen LogP contribution is -1.99. The highest BCUT2D eigenvalue weighted by molar-refractivity contribution is 7.48. The first-order chi connectivity index (χ1) is 10.7. The molecule has 114 valence electrons. The molecule has 0 amide bonds. The second-order valence-electron chi connectivity index (χ2n) is 4.04. The fraction of sp³-hybridized carbons (Fsp3) is 0. The van der Waals surface area contributed by atoms with Crippen LogP contribution < -0.4 is 9.05 Å². The van der Waals surface area contributed by atoms with Crippen molar-refractivity contribution in [3.63, 3.8) is 0 Å². The van der Waals surface area contributed by atoms with Crippen molar-refractivity contribution >= 4 is 7.82 Å². The predicted molar refractivity (Wildman–Crippen MR) is 82.6 cm³/mol. The number of phosphoric ester groups is 1. The van der Waals surface area contributed by atoms with E-state index in [4.69, 9.17) is 9.05 Å². The zero-order valence-corrected chi connectivity index (χ0v) is 12.5. The summed E-state index contributed by atoms with van der Waals surface area (Å²) < 4.78 is 21.5. The zero-order valence-electron chi connectivity index (χ0n) is 11.6. The van der Waals surface area contributed by atoms with Crippen molar-refractivity contribution in [2.45, 2.75) is 0 Å². The molecule has 0 unspecified atom stereocenters. The number of aromatic amines is 1. The molecule has 0 saturated carbocycles. The molecule has 0 atom stereocenters. The van der Waals surface area contributed by atoms with E-state index in [1.54, 1.807) is 79.4 Å². The highest BCUT2D eigenvalue weighted by Gasteiger charge is 2.24. The van der Waals surface area contributed by atoms with Crippen LogP contribution in [0.4, 0.5) is 0 Å². The smallest absolute Gasteiger partial charge is 0.395 e. The summed E-state index contributed by atoms with van der Waals surface area (Å²) in [6.45, 7) is 0. The number of hydrogen-bond acceptors (Lipinski definition) is 4. The Kier molecular flexibility index (Phi) is 5.77. The van der Waals surface area contributed by atoms with Gasteiger partial charge in [-0.25, -0.2) is 9.55 Å². The van der Waals surface area contributed by atoms with Crippen molar-refractivity contribution in [1.82, 2.24) is 9.97 Å². The Labute approximate surface area is 128 Å². The van der Waals surface area contributed by atoms with Crippen molar-refractivity contribution in [2.75, 3.05) is 0 Å². The summed E-state index contributed by atoms with van der Waals surface area (Å²) in [7, 11) is -4.14. The predicted octanol–water partition coefficient (Wildman–Crippen LogP) is 3.65. The monoisotopic (exact) mass is 318 g/mol. The summed E-state index contributed by atoms with van der Waals surface area (Å²) in [5, 5.41) is 0. The lowest BCUT2D eigenvalue weighted by Gasteiger charge is -2.13. The molecule has 6 nitrogen and oxygen atoms in total. The van der Waals surface area contributed by atoms with E-state index < -0.39 is 7.82 Å². The van der Waals surface area contributed by atoms with Gasteiger partial charge in [-0.15, -0.1) is 0 Å². The number of nitrogens with zero attached hydrogens (tertiary/aromatic N) is 1. The highest BCUT2D eigenvalue weighted by atomic mass is 31.2. The number of benzene rings is 2. The molecule has 22 heavy (non-hydrogen) atoms. The van der Waals surface area contributed by atoms with Crippen molar-refractivity contribution in [3.05, 3.63) is 79.4 Å². The fourth-order valence-corrected chi connectivity index (χ4v) is 2.28. The van der Waals surface area contributed by atoms with Gasteiger partial charge in [0.1, 0.15) is 11.5 Å². The molecule has 0 fully saturated rings. The Morgan fingerprint density at radius 2 is 1.41 bits per heavy atom. The number of H-pyrrole nitrogens is 1. The van der Waals surface area contributed by atoms with E-state index in [0.717, 1.165) is 0 Å². The van der Waals surface area contributed by atoms with Gasteiger partial charge in [0.25, 0.3) is 0 Å². The minimum absolute atomic E-state index is 0.286. The highest BCUT2D eigenvalue weighted by Crippen LogP contribution is 2.43. The third-order valence-electron chi connectivity index (χ3n) is 2.33. The van der Waals surface area contributed by atoms with Gasteiger partial charge >= 0.3 is 7.82 Å². The van der Waals surface area contributed by atoms with Crippen LogP contribution in [-0.2, 0) is 4.57 Å². The van der Waals surface area contributed by atoms with Crippen LogP contribution >= 0.6 is 7.82 Å². The molecule has 1 heterocycles. The lowest BCUT2D eigenvalue weighted by molar-refractivity contribution is 0.291. The van der Waals surface area contributed by atoms with Gasteiger partial charge < -0.3 is 14.0 Å². The SMILES string of the molecule is O=P(O)(Oc1ccccc1)Oc1ccccc1.c1c[nH]cn1. The maximum atomic E-state index is 11.7. The number of rotatable bonds is 4. The number of imidazole rings is 1. The fourth-order valence-electron chi connectivity index (χ4n) is 1.46. The number of para-hydroxylation sites is 2. The van der Waals surface area contributed by atoms with E-state index in [0.29, 0.717) is 0 Å². The van der Waals surface area contributed by atoms with Crippen LogP contribution in [0.3, 0.4) is 0 Å². The summed E-state index contributed by atoms with van der Waals surface area (Å²) in [6.07, 6.45) is 5.08. The molecule has 0 aliphatic carbocycles. The minimum Gasteiger partial charge on any atom is -0.395 e. The van der Waals surface area contributed by atoms with Crippen LogP contribution in [0.15, 0.2) is 79.4 Å². The molecular formula is C15H15N2O4P. The minimum atomic E-state index is -4.14. The molecule has 0 saturated heterocycles. The number of phosphoric acid groups is 1. The molecule has 0 aliphatic rings. The second-order valence-corrected chi connectivity index (χ2v) is 5.34.